The molecule has 0 aromatic heterocycles. The van der Waals surface area contributed by atoms with Gasteiger partial charge in [0.15, 0.2) is 0 Å². The SMILES string of the molecule is [Ir].[La].[O-2].[O-2]. The van der Waals surface area contributed by atoms with Crippen LogP contribution in [0.15, 0.2) is 0 Å². The van der Waals surface area contributed by atoms with E-state index >= 15 is 0 Å². The third kappa shape index (κ3) is 9.24. The second-order valence-corrected chi connectivity index (χ2v) is 0. The molecule has 0 bridgehead atoms. The first-order valence-corrected chi connectivity index (χ1v) is 0. The molecule has 0 heterocycles. The first-order chi connectivity index (χ1) is 0. The summed E-state index contributed by atoms with van der Waals surface area (Å²) in [7, 11) is 0. The quantitative estimate of drug-likeness (QED) is 0.571. The van der Waals surface area contributed by atoms with Gasteiger partial charge in [-0.15, -0.1) is 0 Å². The fraction of sp³-hybridized carbons (Fsp3) is 0. The average Bonchev–Trinajstić information content (AvgIpc) is 0. The summed E-state index contributed by atoms with van der Waals surface area (Å²) in [4.78, 5) is 0. The van der Waals surface area contributed by atoms with E-state index in [0.717, 1.165) is 0 Å². The summed E-state index contributed by atoms with van der Waals surface area (Å²) in [6.07, 6.45) is 0. The molecule has 2 nitrogen and oxygen atoms in total. The van der Waals surface area contributed by atoms with Crippen LogP contribution in [0.1, 0.15) is 0 Å². The molecule has 4 heavy (non-hydrogen) atoms. The largest absolute Gasteiger partial charge is 2.00 e. The summed E-state index contributed by atoms with van der Waals surface area (Å²) in [5.74, 6) is 0. The second-order valence-electron chi connectivity index (χ2n) is 0. The third-order valence-corrected chi connectivity index (χ3v) is 0. The fourth-order valence-electron chi connectivity index (χ4n) is 0. The molecule has 0 aliphatic rings. The van der Waals surface area contributed by atoms with Gasteiger partial charge in [0.05, 0.1) is 0 Å². The molecule has 0 saturated carbocycles. The van der Waals surface area contributed by atoms with Crippen molar-refractivity contribution >= 4 is 0 Å². The van der Waals surface area contributed by atoms with E-state index < -0.39 is 0 Å². The minimum Gasteiger partial charge on any atom is -2.00 e. The molecule has 0 N–H and O–H groups in total. The van der Waals surface area contributed by atoms with Crippen molar-refractivity contribution in [2.75, 3.05) is 0 Å². The zero-order valence-electron chi connectivity index (χ0n) is 1.73. The Morgan fingerprint density at radius 2 is 0.750 bits per heavy atom. The smallest absolute Gasteiger partial charge is 0 e. The molecule has 0 saturated heterocycles. The molecule has 2 radical (unpaired) electrons. The molecule has 28 valence electrons. The van der Waals surface area contributed by atoms with Gasteiger partial charge in [0.25, 0.3) is 0 Å². The van der Waals surface area contributed by atoms with Gasteiger partial charge in [-0.3, -0.25) is 0 Å². The summed E-state index contributed by atoms with van der Waals surface area (Å²) in [6, 6.07) is 0. The number of hydrogen-bond donors (Lipinski definition) is 0. The van der Waals surface area contributed by atoms with Crippen LogP contribution in [0.3, 0.4) is 0 Å². The van der Waals surface area contributed by atoms with Crippen molar-refractivity contribution in [1.82, 2.24) is 0 Å². The molecule has 0 aliphatic heterocycles. The molecule has 0 aliphatic carbocycles. The minimum atomic E-state index is 0. The zero-order valence-corrected chi connectivity index (χ0v) is 7.75. The fourth-order valence-corrected chi connectivity index (χ4v) is 0. The molecule has 0 amide bonds. The van der Waals surface area contributed by atoms with E-state index in [1.807, 2.05) is 0 Å². The Hall–Kier alpha value is 1.76. The summed E-state index contributed by atoms with van der Waals surface area (Å²) in [6.45, 7) is 0. The zero-order chi connectivity index (χ0) is 0. The molecule has 0 aromatic rings. The summed E-state index contributed by atoms with van der Waals surface area (Å²) in [5, 5.41) is 0. The van der Waals surface area contributed by atoms with Crippen LogP contribution in [0.4, 0.5) is 0 Å². The van der Waals surface area contributed by atoms with E-state index in [1.165, 1.54) is 0 Å². The van der Waals surface area contributed by atoms with Crippen LogP contribution < -0.4 is 0 Å². The van der Waals surface area contributed by atoms with Crippen LogP contribution in [-0.2, 0) is 31.1 Å². The Labute approximate surface area is 65.9 Å². The Bertz CT molecular complexity index is 6.00. The first kappa shape index (κ1) is 42.0. The maximum atomic E-state index is 0. The van der Waals surface area contributed by atoms with Crippen LogP contribution in [0.5, 0.6) is 0 Å². The van der Waals surface area contributed by atoms with Crippen LogP contribution in [0.25, 0.3) is 0 Å². The Morgan fingerprint density at radius 1 is 0.750 bits per heavy atom. The van der Waals surface area contributed by atoms with Gasteiger partial charge in [0.2, 0.25) is 0 Å². The van der Waals surface area contributed by atoms with E-state index in [4.69, 9.17) is 0 Å². The molecule has 4 heteroatoms. The van der Waals surface area contributed by atoms with Gasteiger partial charge < -0.3 is 11.0 Å². The van der Waals surface area contributed by atoms with Crippen molar-refractivity contribution in [2.24, 2.45) is 0 Å². The Balaban J connectivity index is 0. The number of hydrogen-bond acceptors (Lipinski definition) is 0. The predicted octanol–water partition coefficient (Wildman–Crippen LogP) is -0.240. The molecular formula is IrLaO2-4. The molecule has 0 fully saturated rings. The Kier molecular flexibility index (Phi) is 228. The van der Waals surface area contributed by atoms with Gasteiger partial charge in [0.1, 0.15) is 0 Å². The summed E-state index contributed by atoms with van der Waals surface area (Å²) < 4.78 is 0. The maximum Gasteiger partial charge on any atom is 0 e. The van der Waals surface area contributed by atoms with Crippen molar-refractivity contribution in [3.63, 3.8) is 0 Å². The summed E-state index contributed by atoms with van der Waals surface area (Å²) >= 11 is 0. The van der Waals surface area contributed by atoms with Gasteiger partial charge in [-0.1, -0.05) is 0 Å². The van der Waals surface area contributed by atoms with E-state index in [1.54, 1.807) is 0 Å². The predicted molar refractivity (Wildman–Crippen MR) is 1.37 cm³/mol. The van der Waals surface area contributed by atoms with Gasteiger partial charge in [-0.25, -0.2) is 0 Å². The Morgan fingerprint density at radius 3 is 0.750 bits per heavy atom. The van der Waals surface area contributed by atoms with E-state index in [9.17, 15) is 0 Å². The van der Waals surface area contributed by atoms with Crippen molar-refractivity contribution in [2.45, 2.75) is 0 Å². The van der Waals surface area contributed by atoms with Gasteiger partial charge >= 0.3 is 0 Å². The van der Waals surface area contributed by atoms with Crippen LogP contribution >= 0.6 is 0 Å². The van der Waals surface area contributed by atoms with Crippen LogP contribution in [0, 0.1) is 35.6 Å². The van der Waals surface area contributed by atoms with Gasteiger partial charge in [0, 0.05) is 55.7 Å². The van der Waals surface area contributed by atoms with Crippen molar-refractivity contribution in [1.29, 1.82) is 0 Å². The van der Waals surface area contributed by atoms with Crippen LogP contribution in [-0.4, -0.2) is 0 Å². The van der Waals surface area contributed by atoms with Crippen molar-refractivity contribution in [3.05, 3.63) is 0 Å². The number of rotatable bonds is 0. The maximum absolute atomic E-state index is 0. The van der Waals surface area contributed by atoms with Crippen molar-refractivity contribution < 1.29 is 66.7 Å². The first-order valence-electron chi connectivity index (χ1n) is 0. The summed E-state index contributed by atoms with van der Waals surface area (Å²) in [5.41, 5.74) is 0. The van der Waals surface area contributed by atoms with E-state index in [0.29, 0.717) is 0 Å². The van der Waals surface area contributed by atoms with Gasteiger partial charge in [-0.05, 0) is 0 Å². The molecule has 0 unspecified atom stereocenters. The van der Waals surface area contributed by atoms with Crippen molar-refractivity contribution in [3.8, 4) is 0 Å². The van der Waals surface area contributed by atoms with Gasteiger partial charge in [-0.2, -0.15) is 0 Å². The van der Waals surface area contributed by atoms with E-state index in [2.05, 4.69) is 0 Å². The molecular weight excluding hydrogens is 363 g/mol. The average molecular weight is 363 g/mol. The molecule has 0 aromatic carbocycles. The monoisotopic (exact) mass is 364 g/mol. The topological polar surface area (TPSA) is 57.0 Å². The molecule has 0 atom stereocenters. The second kappa shape index (κ2) is 21.7. The van der Waals surface area contributed by atoms with E-state index in [-0.39, 0.29) is 66.7 Å². The minimum absolute atomic E-state index is 0. The standard InChI is InChI=1S/Ir.La.2O/q;;2*-2. The third-order valence-electron chi connectivity index (χ3n) is 0. The normalized spacial score (nSPS) is 0. The molecule has 0 rings (SSSR count). The molecule has 0 spiro atoms. The van der Waals surface area contributed by atoms with Crippen LogP contribution in [0.2, 0.25) is 0 Å².